The standard InChI is InChI=1S/C12H13N3O3/c1-2-3-4-8-13-12-14-11-9(15(16)17)6-5-7-10(11)18-12/h2-3,5-7H,4,8H2,1H3,(H,13,14)/b3-2+. The number of benzene rings is 1. The molecule has 0 amide bonds. The Morgan fingerprint density at radius 2 is 2.39 bits per heavy atom. The molecule has 0 aliphatic carbocycles. The fourth-order valence-corrected chi connectivity index (χ4v) is 1.59. The molecule has 0 aliphatic rings. The maximum absolute atomic E-state index is 10.8. The zero-order valence-electron chi connectivity index (χ0n) is 9.92. The van der Waals surface area contributed by atoms with Crippen molar-refractivity contribution in [2.75, 3.05) is 11.9 Å². The number of nitro groups is 1. The van der Waals surface area contributed by atoms with Gasteiger partial charge in [0.05, 0.1) is 4.92 Å². The molecule has 0 bridgehead atoms. The zero-order chi connectivity index (χ0) is 13.0. The van der Waals surface area contributed by atoms with Gasteiger partial charge in [-0.2, -0.15) is 4.98 Å². The van der Waals surface area contributed by atoms with Crippen LogP contribution in [0, 0.1) is 10.1 Å². The van der Waals surface area contributed by atoms with Crippen molar-refractivity contribution in [1.29, 1.82) is 0 Å². The Labute approximate surface area is 103 Å². The summed E-state index contributed by atoms with van der Waals surface area (Å²) in [5.74, 6) is 0. The molecule has 0 atom stereocenters. The molecule has 0 saturated heterocycles. The molecular weight excluding hydrogens is 234 g/mol. The highest BCUT2D eigenvalue weighted by atomic mass is 16.6. The Hall–Kier alpha value is -2.37. The van der Waals surface area contributed by atoms with Crippen LogP contribution < -0.4 is 5.32 Å². The zero-order valence-corrected chi connectivity index (χ0v) is 9.92. The Morgan fingerprint density at radius 3 is 3.11 bits per heavy atom. The lowest BCUT2D eigenvalue weighted by Crippen LogP contribution is -1.99. The fraction of sp³-hybridized carbons (Fsp3) is 0.250. The lowest BCUT2D eigenvalue weighted by Gasteiger charge is -1.96. The minimum atomic E-state index is -0.464. The second-order valence-corrected chi connectivity index (χ2v) is 3.68. The maximum atomic E-state index is 10.8. The summed E-state index contributed by atoms with van der Waals surface area (Å²) in [5, 5.41) is 13.8. The largest absolute Gasteiger partial charge is 0.423 e. The molecule has 1 aromatic heterocycles. The summed E-state index contributed by atoms with van der Waals surface area (Å²) in [7, 11) is 0. The minimum absolute atomic E-state index is 0.0437. The molecule has 0 radical (unpaired) electrons. The molecule has 0 unspecified atom stereocenters. The van der Waals surface area contributed by atoms with Gasteiger partial charge in [-0.1, -0.05) is 18.2 Å². The van der Waals surface area contributed by atoms with Crippen molar-refractivity contribution >= 4 is 22.8 Å². The summed E-state index contributed by atoms with van der Waals surface area (Å²) in [6.45, 7) is 2.62. The molecular formula is C12H13N3O3. The van der Waals surface area contributed by atoms with E-state index in [4.69, 9.17) is 4.42 Å². The second-order valence-electron chi connectivity index (χ2n) is 3.68. The van der Waals surface area contributed by atoms with E-state index in [9.17, 15) is 10.1 Å². The average molecular weight is 247 g/mol. The van der Waals surface area contributed by atoms with Crippen LogP contribution in [0.4, 0.5) is 11.7 Å². The number of hydrogen-bond acceptors (Lipinski definition) is 5. The highest BCUT2D eigenvalue weighted by Crippen LogP contribution is 2.27. The number of nitrogens with zero attached hydrogens (tertiary/aromatic N) is 2. The van der Waals surface area contributed by atoms with Crippen LogP contribution >= 0.6 is 0 Å². The number of aromatic nitrogens is 1. The Morgan fingerprint density at radius 1 is 1.56 bits per heavy atom. The summed E-state index contributed by atoms with van der Waals surface area (Å²) in [4.78, 5) is 14.4. The van der Waals surface area contributed by atoms with Gasteiger partial charge in [0.15, 0.2) is 11.1 Å². The molecule has 94 valence electrons. The third-order valence-corrected chi connectivity index (χ3v) is 2.42. The summed E-state index contributed by atoms with van der Waals surface area (Å²) in [5.41, 5.74) is 0.645. The molecule has 0 saturated carbocycles. The predicted octanol–water partition coefficient (Wildman–Crippen LogP) is 3.11. The van der Waals surface area contributed by atoms with E-state index in [1.807, 2.05) is 19.1 Å². The Kier molecular flexibility index (Phi) is 3.57. The van der Waals surface area contributed by atoms with Crippen molar-refractivity contribution in [3.63, 3.8) is 0 Å². The van der Waals surface area contributed by atoms with E-state index in [-0.39, 0.29) is 11.2 Å². The van der Waals surface area contributed by atoms with Crippen LogP contribution in [0.5, 0.6) is 0 Å². The molecule has 0 aliphatic heterocycles. The number of hydrogen-bond donors (Lipinski definition) is 1. The highest BCUT2D eigenvalue weighted by molar-refractivity contribution is 5.83. The Balaban J connectivity index is 2.21. The second kappa shape index (κ2) is 5.31. The summed E-state index contributed by atoms with van der Waals surface area (Å²) >= 11 is 0. The monoisotopic (exact) mass is 247 g/mol. The Bertz CT molecular complexity index is 589. The van der Waals surface area contributed by atoms with Crippen molar-refractivity contribution in [3.05, 3.63) is 40.5 Å². The van der Waals surface area contributed by atoms with E-state index >= 15 is 0 Å². The number of para-hydroxylation sites is 1. The van der Waals surface area contributed by atoms with Crippen molar-refractivity contribution in [3.8, 4) is 0 Å². The van der Waals surface area contributed by atoms with Gasteiger partial charge in [-0.15, -0.1) is 0 Å². The number of anilines is 1. The van der Waals surface area contributed by atoms with Crippen LogP contribution in [-0.2, 0) is 0 Å². The topological polar surface area (TPSA) is 81.2 Å². The van der Waals surface area contributed by atoms with Crippen LogP contribution in [0.3, 0.4) is 0 Å². The van der Waals surface area contributed by atoms with Crippen LogP contribution in [0.25, 0.3) is 11.1 Å². The van der Waals surface area contributed by atoms with E-state index in [1.165, 1.54) is 6.07 Å². The molecule has 0 spiro atoms. The first-order valence-electron chi connectivity index (χ1n) is 5.61. The van der Waals surface area contributed by atoms with Gasteiger partial charge in [0.25, 0.3) is 11.7 Å². The van der Waals surface area contributed by atoms with E-state index in [1.54, 1.807) is 12.1 Å². The van der Waals surface area contributed by atoms with E-state index in [2.05, 4.69) is 10.3 Å². The summed E-state index contributed by atoms with van der Waals surface area (Å²) in [6, 6.07) is 4.96. The number of allylic oxidation sites excluding steroid dienone is 1. The third kappa shape index (κ3) is 2.48. The van der Waals surface area contributed by atoms with Crippen LogP contribution in [0.15, 0.2) is 34.8 Å². The lowest BCUT2D eigenvalue weighted by atomic mass is 10.3. The maximum Gasteiger partial charge on any atom is 0.298 e. The van der Waals surface area contributed by atoms with Gasteiger partial charge in [-0.05, 0) is 19.4 Å². The third-order valence-electron chi connectivity index (χ3n) is 2.42. The molecule has 2 rings (SSSR count). The van der Waals surface area contributed by atoms with Crippen molar-refractivity contribution in [1.82, 2.24) is 4.98 Å². The van der Waals surface area contributed by atoms with Crippen molar-refractivity contribution < 1.29 is 9.34 Å². The number of fused-ring (bicyclic) bond motifs is 1. The fourth-order valence-electron chi connectivity index (χ4n) is 1.59. The molecule has 2 aromatic rings. The van der Waals surface area contributed by atoms with Crippen LogP contribution in [-0.4, -0.2) is 16.5 Å². The number of oxazole rings is 1. The molecule has 1 heterocycles. The quantitative estimate of drug-likeness (QED) is 0.380. The SMILES string of the molecule is C/C=C/CCNc1nc2c([N+](=O)[O-])cccc2o1. The van der Waals surface area contributed by atoms with Gasteiger partial charge < -0.3 is 9.73 Å². The van der Waals surface area contributed by atoms with Crippen molar-refractivity contribution in [2.24, 2.45) is 0 Å². The first kappa shape index (κ1) is 12.1. The predicted molar refractivity (Wildman–Crippen MR) is 68.6 cm³/mol. The number of rotatable bonds is 5. The van der Waals surface area contributed by atoms with Gasteiger partial charge in [0, 0.05) is 12.6 Å². The highest BCUT2D eigenvalue weighted by Gasteiger charge is 2.16. The molecule has 6 heteroatoms. The smallest absolute Gasteiger partial charge is 0.298 e. The molecule has 1 N–H and O–H groups in total. The first-order valence-corrected chi connectivity index (χ1v) is 5.61. The van der Waals surface area contributed by atoms with Gasteiger partial charge in [-0.25, -0.2) is 0 Å². The van der Waals surface area contributed by atoms with Gasteiger partial charge in [-0.3, -0.25) is 10.1 Å². The van der Waals surface area contributed by atoms with E-state index < -0.39 is 4.92 Å². The lowest BCUT2D eigenvalue weighted by molar-refractivity contribution is -0.383. The first-order chi connectivity index (χ1) is 8.72. The van der Waals surface area contributed by atoms with Gasteiger partial charge in [0.1, 0.15) is 0 Å². The van der Waals surface area contributed by atoms with E-state index in [0.29, 0.717) is 18.1 Å². The van der Waals surface area contributed by atoms with Gasteiger partial charge >= 0.3 is 0 Å². The normalized spacial score (nSPS) is 11.2. The summed E-state index contributed by atoms with van der Waals surface area (Å²) < 4.78 is 5.39. The average Bonchev–Trinajstić information content (AvgIpc) is 2.76. The molecule has 0 fully saturated rings. The summed E-state index contributed by atoms with van der Waals surface area (Å²) in [6.07, 6.45) is 4.81. The van der Waals surface area contributed by atoms with Gasteiger partial charge in [0.2, 0.25) is 0 Å². The van der Waals surface area contributed by atoms with E-state index in [0.717, 1.165) is 6.42 Å². The number of nitrogens with one attached hydrogen (secondary N) is 1. The number of non-ortho nitro benzene ring substituents is 1. The minimum Gasteiger partial charge on any atom is -0.423 e. The number of nitro benzene ring substituents is 1. The molecule has 6 nitrogen and oxygen atoms in total. The van der Waals surface area contributed by atoms with Crippen molar-refractivity contribution in [2.45, 2.75) is 13.3 Å². The van der Waals surface area contributed by atoms with Crippen LogP contribution in [0.1, 0.15) is 13.3 Å². The van der Waals surface area contributed by atoms with Crippen LogP contribution in [0.2, 0.25) is 0 Å². The molecule has 1 aromatic carbocycles. The molecule has 18 heavy (non-hydrogen) atoms.